The first kappa shape index (κ1) is 28.9. The van der Waals surface area contributed by atoms with E-state index >= 15 is 0 Å². The van der Waals surface area contributed by atoms with Crippen LogP contribution in [0.1, 0.15) is 42.5 Å². The highest BCUT2D eigenvalue weighted by atomic mass is 32.1. The molecule has 12 heteroatoms. The van der Waals surface area contributed by atoms with E-state index in [2.05, 4.69) is 15.6 Å². The van der Waals surface area contributed by atoms with Gasteiger partial charge < -0.3 is 36.1 Å². The van der Waals surface area contributed by atoms with E-state index in [4.69, 9.17) is 20.3 Å². The van der Waals surface area contributed by atoms with Crippen LogP contribution in [0.3, 0.4) is 0 Å². The molecular formula is C30H28N4O7S. The number of esters is 1. The molecule has 5 rings (SSSR count). The molecule has 6 N–H and O–H groups in total. The zero-order chi connectivity index (χ0) is 29.8. The fraction of sp³-hybridized carbons (Fsp3) is 0.200. The van der Waals surface area contributed by atoms with E-state index < -0.39 is 30.5 Å². The third-order valence-corrected chi connectivity index (χ3v) is 7.68. The number of pyridine rings is 1. The van der Waals surface area contributed by atoms with Gasteiger partial charge in [0, 0.05) is 51.5 Å². The second-order valence-electron chi connectivity index (χ2n) is 9.44. The van der Waals surface area contributed by atoms with E-state index in [9.17, 15) is 19.5 Å². The van der Waals surface area contributed by atoms with Crippen LogP contribution in [0.2, 0.25) is 0 Å². The lowest BCUT2D eigenvalue weighted by molar-refractivity contribution is 0.0594. The topological polar surface area (TPSA) is 173 Å². The maximum Gasteiger partial charge on any atom is 0.357 e. The van der Waals surface area contributed by atoms with Gasteiger partial charge in [-0.1, -0.05) is 12.1 Å². The molecule has 0 radical (unpaired) electrons. The summed E-state index contributed by atoms with van der Waals surface area (Å²) in [4.78, 5) is 44.6. The standard InChI is InChI=1S/C30H28N4O7S/c1-40-30(39)26-20(6-7-24(34-26)29(38)32-13-19(36)14-35)21-11-25-23(27-17(15-41-25)8-9-42-27)10-22(21)28(37)33-18-4-2-16(12-31)3-5-18/h2-11,19,35-36H,12-15,31H2,1H3,(H,32,38)(H,33,37)/t19-/m1/s1. The number of aliphatic hydroxyl groups is 2. The van der Waals surface area contributed by atoms with Gasteiger partial charge in [-0.15, -0.1) is 11.3 Å². The number of amides is 2. The number of aromatic nitrogens is 1. The zero-order valence-corrected chi connectivity index (χ0v) is 23.4. The molecule has 1 aliphatic heterocycles. The molecule has 2 aromatic heterocycles. The summed E-state index contributed by atoms with van der Waals surface area (Å²) in [6, 6.07) is 15.4. The lowest BCUT2D eigenvalue weighted by Gasteiger charge is -2.22. The molecule has 0 saturated heterocycles. The van der Waals surface area contributed by atoms with E-state index in [1.807, 2.05) is 23.6 Å². The molecule has 1 aliphatic rings. The number of benzene rings is 2. The maximum atomic E-state index is 13.8. The minimum atomic E-state index is -1.15. The van der Waals surface area contributed by atoms with Gasteiger partial charge in [0.1, 0.15) is 18.1 Å². The molecule has 0 spiro atoms. The van der Waals surface area contributed by atoms with Gasteiger partial charge in [-0.2, -0.15) is 0 Å². The fourth-order valence-corrected chi connectivity index (χ4v) is 5.41. The molecule has 0 unspecified atom stereocenters. The van der Waals surface area contributed by atoms with Crippen molar-refractivity contribution in [1.82, 2.24) is 10.3 Å². The lowest BCUT2D eigenvalue weighted by Crippen LogP contribution is -2.34. The molecule has 1 atom stereocenters. The van der Waals surface area contributed by atoms with Crippen molar-refractivity contribution in [2.75, 3.05) is 25.6 Å². The molecule has 11 nitrogen and oxygen atoms in total. The number of carbonyl (C=O) groups excluding carboxylic acids is 3. The molecule has 3 heterocycles. The van der Waals surface area contributed by atoms with Crippen LogP contribution < -0.4 is 21.1 Å². The van der Waals surface area contributed by atoms with Crippen molar-refractivity contribution in [3.63, 3.8) is 0 Å². The van der Waals surface area contributed by atoms with Crippen LogP contribution in [0.25, 0.3) is 21.6 Å². The number of hydrogen-bond acceptors (Lipinski definition) is 10. The van der Waals surface area contributed by atoms with Crippen LogP contribution in [-0.4, -0.2) is 59.3 Å². The minimum Gasteiger partial charge on any atom is -0.488 e. The van der Waals surface area contributed by atoms with Gasteiger partial charge in [-0.3, -0.25) is 9.59 Å². The number of methoxy groups -OCH3 is 1. The van der Waals surface area contributed by atoms with E-state index in [0.717, 1.165) is 21.6 Å². The molecule has 2 aromatic carbocycles. The highest BCUT2D eigenvalue weighted by molar-refractivity contribution is 7.13. The van der Waals surface area contributed by atoms with Crippen molar-refractivity contribution < 1.29 is 34.1 Å². The summed E-state index contributed by atoms with van der Waals surface area (Å²) >= 11 is 1.54. The minimum absolute atomic E-state index is 0.118. The van der Waals surface area contributed by atoms with E-state index in [-0.39, 0.29) is 29.1 Å². The summed E-state index contributed by atoms with van der Waals surface area (Å²) in [5.41, 5.74) is 9.44. The van der Waals surface area contributed by atoms with E-state index in [1.165, 1.54) is 30.6 Å². The van der Waals surface area contributed by atoms with Gasteiger partial charge in [0.2, 0.25) is 0 Å². The Hall–Kier alpha value is -4.62. The predicted molar refractivity (Wildman–Crippen MR) is 156 cm³/mol. The Balaban J connectivity index is 1.61. The highest BCUT2D eigenvalue weighted by Crippen LogP contribution is 2.44. The van der Waals surface area contributed by atoms with Crippen molar-refractivity contribution in [2.24, 2.45) is 5.73 Å². The van der Waals surface area contributed by atoms with Crippen molar-refractivity contribution in [1.29, 1.82) is 0 Å². The maximum absolute atomic E-state index is 13.8. The van der Waals surface area contributed by atoms with Crippen LogP contribution in [0, 0.1) is 0 Å². The number of anilines is 1. The molecule has 42 heavy (non-hydrogen) atoms. The quantitative estimate of drug-likeness (QED) is 0.184. The summed E-state index contributed by atoms with van der Waals surface area (Å²) < 4.78 is 11.0. The number of aliphatic hydroxyl groups excluding tert-OH is 2. The van der Waals surface area contributed by atoms with Crippen LogP contribution in [0.4, 0.5) is 5.69 Å². The molecule has 4 aromatic rings. The Bertz CT molecular complexity index is 1650. The number of rotatable bonds is 9. The number of hydrogen-bond donors (Lipinski definition) is 5. The van der Waals surface area contributed by atoms with Crippen LogP contribution >= 0.6 is 11.3 Å². The number of thiophene rings is 1. The van der Waals surface area contributed by atoms with Crippen molar-refractivity contribution >= 4 is 34.8 Å². The van der Waals surface area contributed by atoms with Crippen molar-refractivity contribution in [3.8, 4) is 27.3 Å². The van der Waals surface area contributed by atoms with Crippen LogP contribution in [0.15, 0.2) is 60.0 Å². The summed E-state index contributed by atoms with van der Waals surface area (Å²) in [6.45, 7) is -0.0257. The first-order valence-corrected chi connectivity index (χ1v) is 13.9. The monoisotopic (exact) mass is 588 g/mol. The Morgan fingerprint density at radius 3 is 2.57 bits per heavy atom. The largest absolute Gasteiger partial charge is 0.488 e. The van der Waals surface area contributed by atoms with Gasteiger partial charge in [-0.25, -0.2) is 9.78 Å². The molecule has 216 valence electrons. The average Bonchev–Trinajstić information content (AvgIpc) is 3.52. The third-order valence-electron chi connectivity index (χ3n) is 6.69. The molecular weight excluding hydrogens is 560 g/mol. The Labute approximate surface area is 244 Å². The first-order chi connectivity index (χ1) is 20.3. The second kappa shape index (κ2) is 12.5. The molecule has 0 aliphatic carbocycles. The molecule has 0 bridgehead atoms. The smallest absolute Gasteiger partial charge is 0.357 e. The van der Waals surface area contributed by atoms with Crippen LogP contribution in [0.5, 0.6) is 5.75 Å². The Morgan fingerprint density at radius 1 is 1.07 bits per heavy atom. The normalized spacial score (nSPS) is 12.4. The van der Waals surface area contributed by atoms with Gasteiger partial charge in [-0.05, 0) is 53.4 Å². The molecule has 2 amide bonds. The number of carbonyl (C=O) groups is 3. The molecule has 0 fully saturated rings. The van der Waals surface area contributed by atoms with Gasteiger partial charge in [0.15, 0.2) is 5.69 Å². The van der Waals surface area contributed by atoms with Crippen molar-refractivity contribution in [2.45, 2.75) is 19.3 Å². The SMILES string of the molecule is COC(=O)c1nc(C(=O)NC[C@@H](O)CO)ccc1-c1cc2c(cc1C(=O)Nc1ccc(CN)cc1)-c1sccc1CO2. The Morgan fingerprint density at radius 2 is 1.86 bits per heavy atom. The summed E-state index contributed by atoms with van der Waals surface area (Å²) in [5.74, 6) is -1.40. The number of fused-ring (bicyclic) bond motifs is 3. The summed E-state index contributed by atoms with van der Waals surface area (Å²) in [7, 11) is 1.19. The number of nitrogens with one attached hydrogen (secondary N) is 2. The van der Waals surface area contributed by atoms with E-state index in [0.29, 0.717) is 30.2 Å². The first-order valence-electron chi connectivity index (χ1n) is 13.0. The number of nitrogens with zero attached hydrogens (tertiary/aromatic N) is 1. The zero-order valence-electron chi connectivity index (χ0n) is 22.5. The van der Waals surface area contributed by atoms with Crippen molar-refractivity contribution in [3.05, 3.63) is 88.1 Å². The summed E-state index contributed by atoms with van der Waals surface area (Å²) in [5, 5.41) is 25.9. The number of nitrogens with two attached hydrogens (primary N) is 1. The Kier molecular flexibility index (Phi) is 8.59. The van der Waals surface area contributed by atoms with E-state index in [1.54, 1.807) is 24.3 Å². The van der Waals surface area contributed by atoms with Crippen LogP contribution in [-0.2, 0) is 17.9 Å². The highest BCUT2D eigenvalue weighted by Gasteiger charge is 2.27. The third kappa shape index (κ3) is 5.87. The lowest BCUT2D eigenvalue weighted by atomic mass is 9.92. The number of ether oxygens (including phenoxy) is 2. The average molecular weight is 589 g/mol. The molecule has 0 saturated carbocycles. The fourth-order valence-electron chi connectivity index (χ4n) is 4.47. The summed E-state index contributed by atoms with van der Waals surface area (Å²) in [6.07, 6.45) is -1.15. The second-order valence-corrected chi connectivity index (χ2v) is 10.4. The van der Waals surface area contributed by atoms with Gasteiger partial charge >= 0.3 is 5.97 Å². The van der Waals surface area contributed by atoms with Gasteiger partial charge in [0.25, 0.3) is 11.8 Å². The van der Waals surface area contributed by atoms with Gasteiger partial charge in [0.05, 0.1) is 19.8 Å². The predicted octanol–water partition coefficient (Wildman–Crippen LogP) is 2.95.